The van der Waals surface area contributed by atoms with E-state index in [4.69, 9.17) is 4.74 Å². The fourth-order valence-corrected chi connectivity index (χ4v) is 2.14. The monoisotopic (exact) mass is 338 g/mol. The number of hydrogen-bond donors (Lipinski definition) is 1. The summed E-state index contributed by atoms with van der Waals surface area (Å²) in [4.78, 5) is 16.3. The van der Waals surface area contributed by atoms with Crippen molar-refractivity contribution in [3.63, 3.8) is 0 Å². The van der Waals surface area contributed by atoms with E-state index >= 15 is 0 Å². The maximum Gasteiger partial charge on any atom is 0.416 e. The second kappa shape index (κ2) is 7.00. The van der Waals surface area contributed by atoms with Crippen molar-refractivity contribution in [3.8, 4) is 0 Å². The number of halogens is 3. The molecule has 2 aromatic rings. The van der Waals surface area contributed by atoms with Crippen molar-refractivity contribution >= 4 is 11.7 Å². The molecule has 1 aromatic carbocycles. The third-order valence-electron chi connectivity index (χ3n) is 3.59. The van der Waals surface area contributed by atoms with Crippen LogP contribution in [0.3, 0.4) is 0 Å². The highest BCUT2D eigenvalue weighted by molar-refractivity contribution is 6.04. The number of rotatable bonds is 4. The van der Waals surface area contributed by atoms with Crippen LogP contribution in [0.15, 0.2) is 30.5 Å². The number of amides is 1. The van der Waals surface area contributed by atoms with Crippen molar-refractivity contribution in [3.05, 3.63) is 58.3 Å². The summed E-state index contributed by atoms with van der Waals surface area (Å²) < 4.78 is 44.2. The number of anilines is 1. The van der Waals surface area contributed by atoms with E-state index in [1.54, 1.807) is 12.3 Å². The van der Waals surface area contributed by atoms with Gasteiger partial charge in [0, 0.05) is 18.9 Å². The molecule has 0 radical (unpaired) electrons. The standard InChI is InChI=1S/C17H17F3N2O2/c1-10-6-15(21-8-11(10)2)22-16(23)12-4-5-13(9-24-3)14(7-12)17(18,19)20/h4-8H,9H2,1-3H3,(H,21,22,23). The van der Waals surface area contributed by atoms with Crippen molar-refractivity contribution in [2.45, 2.75) is 26.6 Å². The van der Waals surface area contributed by atoms with E-state index in [9.17, 15) is 18.0 Å². The highest BCUT2D eigenvalue weighted by atomic mass is 19.4. The smallest absolute Gasteiger partial charge is 0.380 e. The molecule has 1 aromatic heterocycles. The number of carbonyl (C=O) groups excluding carboxylic acids is 1. The molecule has 0 unspecified atom stereocenters. The summed E-state index contributed by atoms with van der Waals surface area (Å²) in [5.41, 5.74) is 0.876. The van der Waals surface area contributed by atoms with Gasteiger partial charge in [0.1, 0.15) is 5.82 Å². The van der Waals surface area contributed by atoms with Gasteiger partial charge >= 0.3 is 6.18 Å². The molecule has 0 aliphatic rings. The summed E-state index contributed by atoms with van der Waals surface area (Å²) in [5.74, 6) is -0.363. The third kappa shape index (κ3) is 4.11. The minimum absolute atomic E-state index is 0.0224. The van der Waals surface area contributed by atoms with Gasteiger partial charge in [-0.2, -0.15) is 13.2 Å². The zero-order valence-corrected chi connectivity index (χ0v) is 13.5. The SMILES string of the molecule is COCc1ccc(C(=O)Nc2cc(C)c(C)cn2)cc1C(F)(F)F. The van der Waals surface area contributed by atoms with Crippen LogP contribution in [0.25, 0.3) is 0 Å². The van der Waals surface area contributed by atoms with Crippen LogP contribution in [0, 0.1) is 13.8 Å². The Morgan fingerprint density at radius 2 is 1.92 bits per heavy atom. The molecule has 1 heterocycles. The van der Waals surface area contributed by atoms with E-state index in [-0.39, 0.29) is 23.6 Å². The van der Waals surface area contributed by atoms with Crippen LogP contribution in [0.1, 0.15) is 32.6 Å². The largest absolute Gasteiger partial charge is 0.416 e. The highest BCUT2D eigenvalue weighted by Crippen LogP contribution is 2.33. The number of hydrogen-bond acceptors (Lipinski definition) is 3. The molecular weight excluding hydrogens is 321 g/mol. The molecule has 2 rings (SSSR count). The first-order chi connectivity index (χ1) is 11.2. The zero-order valence-electron chi connectivity index (χ0n) is 13.5. The van der Waals surface area contributed by atoms with Gasteiger partial charge in [0.2, 0.25) is 0 Å². The lowest BCUT2D eigenvalue weighted by molar-refractivity contribution is -0.138. The molecule has 0 spiro atoms. The van der Waals surface area contributed by atoms with Crippen LogP contribution in [-0.2, 0) is 17.5 Å². The molecule has 0 saturated carbocycles. The number of methoxy groups -OCH3 is 1. The average molecular weight is 338 g/mol. The number of nitrogens with one attached hydrogen (secondary N) is 1. The predicted octanol–water partition coefficient (Wildman–Crippen LogP) is 4.12. The van der Waals surface area contributed by atoms with Crippen LogP contribution in [0.2, 0.25) is 0 Å². The maximum atomic E-state index is 13.1. The Hall–Kier alpha value is -2.41. The van der Waals surface area contributed by atoms with Gasteiger partial charge in [-0.15, -0.1) is 0 Å². The second-order valence-corrected chi connectivity index (χ2v) is 5.41. The zero-order chi connectivity index (χ0) is 17.9. The van der Waals surface area contributed by atoms with Crippen molar-refractivity contribution in [2.24, 2.45) is 0 Å². The van der Waals surface area contributed by atoms with E-state index < -0.39 is 17.6 Å². The van der Waals surface area contributed by atoms with E-state index in [0.717, 1.165) is 17.2 Å². The van der Waals surface area contributed by atoms with Gasteiger partial charge in [-0.3, -0.25) is 4.79 Å². The van der Waals surface area contributed by atoms with Crippen molar-refractivity contribution in [1.82, 2.24) is 4.98 Å². The van der Waals surface area contributed by atoms with Gasteiger partial charge < -0.3 is 10.1 Å². The van der Waals surface area contributed by atoms with Gasteiger partial charge in [-0.05, 0) is 48.7 Å². The Morgan fingerprint density at radius 3 is 2.50 bits per heavy atom. The van der Waals surface area contributed by atoms with E-state index in [1.807, 2.05) is 13.8 Å². The molecular formula is C17H17F3N2O2. The van der Waals surface area contributed by atoms with Gasteiger partial charge in [-0.1, -0.05) is 6.07 Å². The highest BCUT2D eigenvalue weighted by Gasteiger charge is 2.34. The number of alkyl halides is 3. The minimum atomic E-state index is -4.57. The molecule has 24 heavy (non-hydrogen) atoms. The van der Waals surface area contributed by atoms with Crippen molar-refractivity contribution in [2.75, 3.05) is 12.4 Å². The van der Waals surface area contributed by atoms with E-state index in [2.05, 4.69) is 10.3 Å². The summed E-state index contributed by atoms with van der Waals surface area (Å²) in [6.07, 6.45) is -2.98. The van der Waals surface area contributed by atoms with Gasteiger partial charge in [-0.25, -0.2) is 4.98 Å². The number of nitrogens with zero attached hydrogens (tertiary/aromatic N) is 1. The molecule has 0 saturated heterocycles. The lowest BCUT2D eigenvalue weighted by Crippen LogP contribution is -2.16. The van der Waals surface area contributed by atoms with Gasteiger partial charge in [0.25, 0.3) is 5.91 Å². The van der Waals surface area contributed by atoms with Gasteiger partial charge in [0.05, 0.1) is 12.2 Å². The summed E-state index contributed by atoms with van der Waals surface area (Å²) in [5, 5.41) is 2.51. The van der Waals surface area contributed by atoms with Gasteiger partial charge in [0.15, 0.2) is 0 Å². The van der Waals surface area contributed by atoms with Crippen LogP contribution in [0.5, 0.6) is 0 Å². The molecule has 0 aliphatic heterocycles. The molecule has 1 N–H and O–H groups in total. The fraction of sp³-hybridized carbons (Fsp3) is 0.294. The van der Waals surface area contributed by atoms with E-state index in [1.165, 1.54) is 19.2 Å². The lowest BCUT2D eigenvalue weighted by atomic mass is 10.0. The van der Waals surface area contributed by atoms with Crippen LogP contribution in [0.4, 0.5) is 19.0 Å². The first-order valence-electron chi connectivity index (χ1n) is 7.16. The molecule has 4 nitrogen and oxygen atoms in total. The van der Waals surface area contributed by atoms with Crippen LogP contribution < -0.4 is 5.32 Å². The second-order valence-electron chi connectivity index (χ2n) is 5.41. The number of ether oxygens (including phenoxy) is 1. The number of aromatic nitrogens is 1. The number of aryl methyl sites for hydroxylation is 2. The van der Waals surface area contributed by atoms with Crippen LogP contribution >= 0.6 is 0 Å². The molecule has 128 valence electrons. The summed E-state index contributed by atoms with van der Waals surface area (Å²) >= 11 is 0. The predicted molar refractivity (Wildman–Crippen MR) is 83.8 cm³/mol. The first kappa shape index (κ1) is 17.9. The summed E-state index contributed by atoms with van der Waals surface area (Å²) in [7, 11) is 1.31. The molecule has 7 heteroatoms. The van der Waals surface area contributed by atoms with Crippen molar-refractivity contribution < 1.29 is 22.7 Å². The lowest BCUT2D eigenvalue weighted by Gasteiger charge is -2.14. The van der Waals surface area contributed by atoms with Crippen molar-refractivity contribution in [1.29, 1.82) is 0 Å². The number of pyridine rings is 1. The van der Waals surface area contributed by atoms with E-state index in [0.29, 0.717) is 0 Å². The minimum Gasteiger partial charge on any atom is -0.380 e. The Morgan fingerprint density at radius 1 is 1.21 bits per heavy atom. The first-order valence-corrected chi connectivity index (χ1v) is 7.16. The summed E-state index contributed by atoms with van der Waals surface area (Å²) in [6.45, 7) is 3.54. The normalized spacial score (nSPS) is 11.4. The molecule has 0 bridgehead atoms. The quantitative estimate of drug-likeness (QED) is 0.912. The summed E-state index contributed by atoms with van der Waals surface area (Å²) in [6, 6.07) is 5.07. The third-order valence-corrected chi connectivity index (χ3v) is 3.59. The van der Waals surface area contributed by atoms with Crippen LogP contribution in [-0.4, -0.2) is 18.0 Å². The Labute approximate surface area is 137 Å². The molecule has 1 amide bonds. The average Bonchev–Trinajstić information content (AvgIpc) is 2.50. The Kier molecular flexibility index (Phi) is 5.23. The molecule has 0 aliphatic carbocycles. The Balaban J connectivity index is 2.30. The number of carbonyl (C=O) groups is 1. The molecule has 0 atom stereocenters. The fourth-order valence-electron chi connectivity index (χ4n) is 2.14. The molecule has 0 fully saturated rings. The Bertz CT molecular complexity index is 758. The number of benzene rings is 1. The topological polar surface area (TPSA) is 51.2 Å². The maximum absolute atomic E-state index is 13.1.